The first-order valence-electron chi connectivity index (χ1n) is 5.58. The van der Waals surface area contributed by atoms with Crippen LogP contribution < -0.4 is 10.6 Å². The summed E-state index contributed by atoms with van der Waals surface area (Å²) < 4.78 is 0. The van der Waals surface area contributed by atoms with E-state index in [-0.39, 0.29) is 0 Å². The maximum Gasteiger partial charge on any atom is 0.0995 e. The highest BCUT2D eigenvalue weighted by molar-refractivity contribution is 5.40. The van der Waals surface area contributed by atoms with E-state index in [0.717, 1.165) is 5.82 Å². The Labute approximate surface area is 97.1 Å². The zero-order valence-corrected chi connectivity index (χ0v) is 10.1. The molecule has 0 aliphatic carbocycles. The first-order valence-corrected chi connectivity index (χ1v) is 5.58. The van der Waals surface area contributed by atoms with Crippen LogP contribution in [-0.4, -0.2) is 0 Å². The summed E-state index contributed by atoms with van der Waals surface area (Å²) in [5.41, 5.74) is 5.26. The van der Waals surface area contributed by atoms with Gasteiger partial charge in [-0.1, -0.05) is 31.7 Å². The molecule has 0 fully saturated rings. The minimum atomic E-state index is 0.367. The summed E-state index contributed by atoms with van der Waals surface area (Å²) in [6, 6.07) is 6.46. The zero-order chi connectivity index (χ0) is 11.7. The first-order chi connectivity index (χ1) is 7.59. The molecule has 0 radical (unpaired) electrons. The van der Waals surface area contributed by atoms with E-state index < -0.39 is 0 Å². The van der Waals surface area contributed by atoms with Gasteiger partial charge < -0.3 is 10.6 Å². The third-order valence-electron chi connectivity index (χ3n) is 3.28. The second kappa shape index (κ2) is 4.05. The molecule has 1 aromatic rings. The van der Waals surface area contributed by atoms with Crippen LogP contribution in [-0.2, 0) is 0 Å². The Kier molecular flexibility index (Phi) is 2.73. The van der Waals surface area contributed by atoms with Crippen molar-refractivity contribution in [1.29, 1.82) is 0 Å². The lowest BCUT2D eigenvalue weighted by Gasteiger charge is -2.17. The molecular weight excluding hydrogens is 196 g/mol. The van der Waals surface area contributed by atoms with Crippen molar-refractivity contribution >= 4 is 0 Å². The third kappa shape index (κ3) is 1.83. The zero-order valence-electron chi connectivity index (χ0n) is 10.1. The van der Waals surface area contributed by atoms with E-state index in [9.17, 15) is 0 Å². The fourth-order valence-electron chi connectivity index (χ4n) is 2.05. The number of aryl methyl sites for hydroxylation is 1. The molecule has 2 N–H and O–H groups in total. The summed E-state index contributed by atoms with van der Waals surface area (Å²) in [5, 5.41) is 6.34. The van der Waals surface area contributed by atoms with E-state index in [1.165, 1.54) is 22.4 Å². The average molecular weight is 214 g/mol. The Morgan fingerprint density at radius 1 is 1.25 bits per heavy atom. The van der Waals surface area contributed by atoms with Gasteiger partial charge >= 0.3 is 0 Å². The van der Waals surface area contributed by atoms with Crippen LogP contribution in [0.15, 0.2) is 42.5 Å². The first kappa shape index (κ1) is 10.8. The number of hydrogen-bond donors (Lipinski definition) is 2. The minimum Gasteiger partial charge on any atom is -0.347 e. The molecular formula is C14H18N2. The van der Waals surface area contributed by atoms with Crippen LogP contribution in [0.1, 0.15) is 29.5 Å². The van der Waals surface area contributed by atoms with Crippen molar-refractivity contribution in [2.24, 2.45) is 0 Å². The summed E-state index contributed by atoms with van der Waals surface area (Å²) in [7, 11) is 0. The minimum absolute atomic E-state index is 0.367. The molecule has 16 heavy (non-hydrogen) atoms. The van der Waals surface area contributed by atoms with Crippen molar-refractivity contribution in [2.45, 2.75) is 26.7 Å². The van der Waals surface area contributed by atoms with Crippen molar-refractivity contribution in [3.8, 4) is 0 Å². The number of nitrogens with one attached hydrogen (secondary N) is 2. The van der Waals surface area contributed by atoms with Crippen molar-refractivity contribution in [1.82, 2.24) is 10.6 Å². The van der Waals surface area contributed by atoms with Crippen LogP contribution in [0.5, 0.6) is 0 Å². The van der Waals surface area contributed by atoms with E-state index in [2.05, 4.69) is 56.2 Å². The van der Waals surface area contributed by atoms with E-state index >= 15 is 0 Å². The van der Waals surface area contributed by atoms with Crippen molar-refractivity contribution in [2.75, 3.05) is 0 Å². The van der Waals surface area contributed by atoms with Crippen LogP contribution in [0.2, 0.25) is 0 Å². The lowest BCUT2D eigenvalue weighted by atomic mass is 9.91. The number of benzene rings is 1. The van der Waals surface area contributed by atoms with E-state index in [1.807, 2.05) is 6.20 Å². The third-order valence-corrected chi connectivity index (χ3v) is 3.28. The molecule has 1 aromatic carbocycles. The van der Waals surface area contributed by atoms with E-state index in [1.54, 1.807) is 0 Å². The van der Waals surface area contributed by atoms with Gasteiger partial charge in [0.1, 0.15) is 0 Å². The van der Waals surface area contributed by atoms with Gasteiger partial charge in [-0.05, 0) is 30.5 Å². The Hall–Kier alpha value is -1.70. The number of allylic oxidation sites excluding steroid dienone is 1. The lowest BCUT2D eigenvalue weighted by molar-refractivity contribution is 0.805. The molecule has 0 bridgehead atoms. The van der Waals surface area contributed by atoms with Crippen molar-refractivity contribution < 1.29 is 0 Å². The maximum absolute atomic E-state index is 3.85. The van der Waals surface area contributed by atoms with Gasteiger partial charge in [-0.2, -0.15) is 0 Å². The van der Waals surface area contributed by atoms with E-state index in [4.69, 9.17) is 0 Å². The second-order valence-electron chi connectivity index (χ2n) is 4.36. The highest BCUT2D eigenvalue weighted by Crippen LogP contribution is 2.28. The standard InChI is InChI=1S/C14H18N2/c1-9-6-5-7-13(10(9)2)11(3)14-8-15-12(4)16-14/h5-8,11,15-16H,4H2,1-3H3. The Morgan fingerprint density at radius 2 is 2.00 bits per heavy atom. The second-order valence-corrected chi connectivity index (χ2v) is 4.36. The lowest BCUT2D eigenvalue weighted by Crippen LogP contribution is -2.14. The highest BCUT2D eigenvalue weighted by atomic mass is 15.1. The maximum atomic E-state index is 3.85. The van der Waals surface area contributed by atoms with Gasteiger partial charge in [0, 0.05) is 17.8 Å². The summed E-state index contributed by atoms with van der Waals surface area (Å²) in [5.74, 6) is 1.22. The van der Waals surface area contributed by atoms with Crippen molar-refractivity contribution in [3.05, 3.63) is 59.2 Å². The summed E-state index contributed by atoms with van der Waals surface area (Å²) in [6.45, 7) is 10.4. The molecule has 1 atom stereocenters. The highest BCUT2D eigenvalue weighted by Gasteiger charge is 2.17. The van der Waals surface area contributed by atoms with Crippen LogP contribution in [0, 0.1) is 13.8 Å². The molecule has 84 valence electrons. The quantitative estimate of drug-likeness (QED) is 0.791. The van der Waals surface area contributed by atoms with Gasteiger partial charge in [0.15, 0.2) is 0 Å². The summed E-state index contributed by atoms with van der Waals surface area (Å²) >= 11 is 0. The largest absolute Gasteiger partial charge is 0.347 e. The molecule has 1 heterocycles. The topological polar surface area (TPSA) is 24.1 Å². The van der Waals surface area contributed by atoms with Crippen LogP contribution in [0.25, 0.3) is 0 Å². The smallest absolute Gasteiger partial charge is 0.0995 e. The summed E-state index contributed by atoms with van der Waals surface area (Å²) in [6.07, 6.45) is 1.99. The SMILES string of the molecule is C=C1NC=C(C(C)c2cccc(C)c2C)N1. The molecule has 2 rings (SSSR count). The molecule has 1 unspecified atom stereocenters. The van der Waals surface area contributed by atoms with Gasteiger partial charge in [0.25, 0.3) is 0 Å². The fourth-order valence-corrected chi connectivity index (χ4v) is 2.05. The van der Waals surface area contributed by atoms with Crippen molar-refractivity contribution in [3.63, 3.8) is 0 Å². The normalized spacial score (nSPS) is 16.4. The predicted octanol–water partition coefficient (Wildman–Crippen LogP) is 2.91. The molecule has 0 amide bonds. The van der Waals surface area contributed by atoms with Gasteiger partial charge in [0.05, 0.1) is 5.82 Å². The van der Waals surface area contributed by atoms with Gasteiger partial charge in [-0.15, -0.1) is 0 Å². The predicted molar refractivity (Wildman–Crippen MR) is 67.8 cm³/mol. The number of hydrogen-bond acceptors (Lipinski definition) is 2. The summed E-state index contributed by atoms with van der Waals surface area (Å²) in [4.78, 5) is 0. The monoisotopic (exact) mass is 214 g/mol. The Balaban J connectivity index is 2.31. The van der Waals surface area contributed by atoms with Crippen LogP contribution in [0.4, 0.5) is 0 Å². The Bertz CT molecular complexity index is 458. The average Bonchev–Trinajstić information content (AvgIpc) is 2.68. The molecule has 0 spiro atoms. The molecule has 2 nitrogen and oxygen atoms in total. The molecule has 2 heteroatoms. The molecule has 1 aliphatic rings. The fraction of sp³-hybridized carbons (Fsp3) is 0.286. The molecule has 1 aliphatic heterocycles. The number of rotatable bonds is 2. The molecule has 0 saturated carbocycles. The molecule has 0 aromatic heterocycles. The Morgan fingerprint density at radius 3 is 2.62 bits per heavy atom. The van der Waals surface area contributed by atoms with Gasteiger partial charge in [0.2, 0.25) is 0 Å². The van der Waals surface area contributed by atoms with Crippen LogP contribution >= 0.6 is 0 Å². The van der Waals surface area contributed by atoms with Gasteiger partial charge in [-0.25, -0.2) is 0 Å². The van der Waals surface area contributed by atoms with Gasteiger partial charge in [-0.3, -0.25) is 0 Å². The van der Waals surface area contributed by atoms with Crippen LogP contribution in [0.3, 0.4) is 0 Å². The molecule has 0 saturated heterocycles. The van der Waals surface area contributed by atoms with E-state index in [0.29, 0.717) is 5.92 Å².